The first-order valence-corrected chi connectivity index (χ1v) is 5.88. The maximum absolute atomic E-state index is 9.34. The highest BCUT2D eigenvalue weighted by Gasteiger charge is 2.31. The standard InChI is InChI=1S/C12H19N3O2/c1-9-13-4-10(5-14-9)6-15-7-12(17-2)3-11(15)8-16/h4-5,11-12,16H,3,6-8H2,1-2H3. The molecule has 2 heterocycles. The van der Waals surface area contributed by atoms with Crippen LogP contribution in [0.4, 0.5) is 0 Å². The van der Waals surface area contributed by atoms with E-state index < -0.39 is 0 Å². The quantitative estimate of drug-likeness (QED) is 0.819. The van der Waals surface area contributed by atoms with Gasteiger partial charge < -0.3 is 9.84 Å². The Balaban J connectivity index is 2.00. The summed E-state index contributed by atoms with van der Waals surface area (Å²) in [7, 11) is 1.72. The Morgan fingerprint density at radius 3 is 2.76 bits per heavy atom. The number of aliphatic hydroxyl groups is 1. The lowest BCUT2D eigenvalue weighted by Gasteiger charge is -2.21. The molecular formula is C12H19N3O2. The molecule has 5 nitrogen and oxygen atoms in total. The number of methoxy groups -OCH3 is 1. The minimum Gasteiger partial charge on any atom is -0.395 e. The lowest BCUT2D eigenvalue weighted by atomic mass is 10.2. The second kappa shape index (κ2) is 5.53. The number of ether oxygens (including phenoxy) is 1. The van der Waals surface area contributed by atoms with E-state index in [1.54, 1.807) is 7.11 Å². The molecule has 1 fully saturated rings. The third-order valence-electron chi connectivity index (χ3n) is 3.25. The van der Waals surface area contributed by atoms with Crippen LogP contribution in [0.15, 0.2) is 12.4 Å². The molecular weight excluding hydrogens is 218 g/mol. The fraction of sp³-hybridized carbons (Fsp3) is 0.667. The number of hydrogen-bond donors (Lipinski definition) is 1. The molecule has 2 rings (SSSR count). The molecule has 1 N–H and O–H groups in total. The van der Waals surface area contributed by atoms with E-state index >= 15 is 0 Å². The minimum absolute atomic E-state index is 0.173. The van der Waals surface area contributed by atoms with Crippen molar-refractivity contribution < 1.29 is 9.84 Å². The van der Waals surface area contributed by atoms with Crippen LogP contribution in [0.3, 0.4) is 0 Å². The minimum atomic E-state index is 0.173. The number of aromatic nitrogens is 2. The maximum atomic E-state index is 9.34. The number of aliphatic hydroxyl groups excluding tert-OH is 1. The molecule has 1 saturated heterocycles. The van der Waals surface area contributed by atoms with Crippen molar-refractivity contribution in [3.63, 3.8) is 0 Å². The molecule has 0 aliphatic carbocycles. The van der Waals surface area contributed by atoms with Gasteiger partial charge in [-0.3, -0.25) is 4.90 Å². The third kappa shape index (κ3) is 3.00. The predicted octanol–water partition coefficient (Wildman–Crippen LogP) is 0.367. The van der Waals surface area contributed by atoms with Gasteiger partial charge in [-0.2, -0.15) is 0 Å². The van der Waals surface area contributed by atoms with Crippen LogP contribution < -0.4 is 0 Å². The maximum Gasteiger partial charge on any atom is 0.125 e. The number of likely N-dealkylation sites (tertiary alicyclic amines) is 1. The molecule has 2 unspecified atom stereocenters. The molecule has 1 aromatic heterocycles. The summed E-state index contributed by atoms with van der Waals surface area (Å²) in [5.74, 6) is 0.781. The van der Waals surface area contributed by atoms with Crippen molar-refractivity contribution >= 4 is 0 Å². The average Bonchev–Trinajstić information content (AvgIpc) is 2.74. The van der Waals surface area contributed by atoms with Gasteiger partial charge in [-0.15, -0.1) is 0 Å². The summed E-state index contributed by atoms with van der Waals surface area (Å²) < 4.78 is 5.35. The molecule has 0 amide bonds. The Bertz CT molecular complexity index is 355. The topological polar surface area (TPSA) is 58.5 Å². The van der Waals surface area contributed by atoms with Gasteiger partial charge in [0.05, 0.1) is 12.7 Å². The summed E-state index contributed by atoms with van der Waals surface area (Å²) in [6.07, 6.45) is 4.80. The van der Waals surface area contributed by atoms with Crippen LogP contribution in [-0.4, -0.2) is 52.4 Å². The monoisotopic (exact) mass is 237 g/mol. The van der Waals surface area contributed by atoms with Gasteiger partial charge in [-0.05, 0) is 13.3 Å². The van der Waals surface area contributed by atoms with Gasteiger partial charge in [0.25, 0.3) is 0 Å². The van der Waals surface area contributed by atoms with Crippen LogP contribution in [-0.2, 0) is 11.3 Å². The number of rotatable bonds is 4. The van der Waals surface area contributed by atoms with Crippen LogP contribution in [0, 0.1) is 6.92 Å². The van der Waals surface area contributed by atoms with Gasteiger partial charge in [0.15, 0.2) is 0 Å². The Morgan fingerprint density at radius 2 is 2.18 bits per heavy atom. The van der Waals surface area contributed by atoms with Gasteiger partial charge >= 0.3 is 0 Å². The molecule has 1 aromatic rings. The summed E-state index contributed by atoms with van der Waals surface area (Å²) in [5.41, 5.74) is 1.07. The molecule has 1 aliphatic heterocycles. The van der Waals surface area contributed by atoms with Crippen LogP contribution >= 0.6 is 0 Å². The Morgan fingerprint density at radius 1 is 1.47 bits per heavy atom. The highest BCUT2D eigenvalue weighted by atomic mass is 16.5. The molecule has 0 aromatic carbocycles. The molecule has 1 aliphatic rings. The highest BCUT2D eigenvalue weighted by molar-refractivity contribution is 5.06. The average molecular weight is 237 g/mol. The van der Waals surface area contributed by atoms with E-state index in [1.165, 1.54) is 0 Å². The molecule has 94 valence electrons. The van der Waals surface area contributed by atoms with E-state index in [1.807, 2.05) is 19.3 Å². The van der Waals surface area contributed by atoms with Gasteiger partial charge in [0.1, 0.15) is 5.82 Å². The molecule has 2 atom stereocenters. The zero-order chi connectivity index (χ0) is 12.3. The van der Waals surface area contributed by atoms with Crippen LogP contribution in [0.1, 0.15) is 17.8 Å². The van der Waals surface area contributed by atoms with Crippen LogP contribution in [0.5, 0.6) is 0 Å². The highest BCUT2D eigenvalue weighted by Crippen LogP contribution is 2.21. The lowest BCUT2D eigenvalue weighted by molar-refractivity contribution is 0.107. The lowest BCUT2D eigenvalue weighted by Crippen LogP contribution is -2.32. The zero-order valence-electron chi connectivity index (χ0n) is 10.3. The molecule has 5 heteroatoms. The van der Waals surface area contributed by atoms with Crippen molar-refractivity contribution in [3.8, 4) is 0 Å². The summed E-state index contributed by atoms with van der Waals surface area (Å²) in [4.78, 5) is 10.6. The van der Waals surface area contributed by atoms with Gasteiger partial charge in [0.2, 0.25) is 0 Å². The van der Waals surface area contributed by atoms with E-state index in [2.05, 4.69) is 14.9 Å². The normalized spacial score (nSPS) is 25.4. The van der Waals surface area contributed by atoms with E-state index in [0.717, 1.165) is 30.9 Å². The molecule has 0 bridgehead atoms. The van der Waals surface area contributed by atoms with Crippen molar-refractivity contribution in [3.05, 3.63) is 23.8 Å². The van der Waals surface area contributed by atoms with E-state index in [9.17, 15) is 5.11 Å². The van der Waals surface area contributed by atoms with Crippen molar-refractivity contribution in [1.82, 2.24) is 14.9 Å². The number of aryl methyl sites for hydroxylation is 1. The molecule has 0 radical (unpaired) electrons. The largest absolute Gasteiger partial charge is 0.395 e. The van der Waals surface area contributed by atoms with Crippen molar-refractivity contribution in [1.29, 1.82) is 0 Å². The molecule has 17 heavy (non-hydrogen) atoms. The fourth-order valence-corrected chi connectivity index (χ4v) is 2.23. The summed E-state index contributed by atoms with van der Waals surface area (Å²) in [6, 6.07) is 0.182. The Kier molecular flexibility index (Phi) is 4.04. The van der Waals surface area contributed by atoms with Crippen LogP contribution in [0.2, 0.25) is 0 Å². The number of hydrogen-bond acceptors (Lipinski definition) is 5. The summed E-state index contributed by atoms with van der Waals surface area (Å²) >= 11 is 0. The second-order valence-corrected chi connectivity index (χ2v) is 4.50. The van der Waals surface area contributed by atoms with E-state index in [-0.39, 0.29) is 18.8 Å². The summed E-state index contributed by atoms with van der Waals surface area (Å²) in [6.45, 7) is 3.67. The van der Waals surface area contributed by atoms with Gasteiger partial charge in [-0.1, -0.05) is 0 Å². The van der Waals surface area contributed by atoms with Crippen molar-refractivity contribution in [2.45, 2.75) is 32.0 Å². The Hall–Kier alpha value is -1.04. The van der Waals surface area contributed by atoms with Gasteiger partial charge in [0, 0.05) is 44.2 Å². The van der Waals surface area contributed by atoms with Gasteiger partial charge in [-0.25, -0.2) is 9.97 Å². The smallest absolute Gasteiger partial charge is 0.125 e. The Labute approximate surface area is 101 Å². The zero-order valence-corrected chi connectivity index (χ0v) is 10.3. The SMILES string of the molecule is COC1CC(CO)N(Cc2cnc(C)nc2)C1. The fourth-order valence-electron chi connectivity index (χ4n) is 2.23. The van der Waals surface area contributed by atoms with Crippen molar-refractivity contribution in [2.75, 3.05) is 20.3 Å². The van der Waals surface area contributed by atoms with E-state index in [4.69, 9.17) is 4.74 Å². The van der Waals surface area contributed by atoms with Crippen molar-refractivity contribution in [2.24, 2.45) is 0 Å². The predicted molar refractivity (Wildman–Crippen MR) is 63.5 cm³/mol. The number of nitrogens with zero attached hydrogens (tertiary/aromatic N) is 3. The third-order valence-corrected chi connectivity index (χ3v) is 3.25. The second-order valence-electron chi connectivity index (χ2n) is 4.50. The van der Waals surface area contributed by atoms with E-state index in [0.29, 0.717) is 0 Å². The molecule has 0 saturated carbocycles. The first kappa shape index (κ1) is 12.4. The summed E-state index contributed by atoms with van der Waals surface area (Å²) in [5, 5.41) is 9.34. The first-order valence-electron chi connectivity index (χ1n) is 5.88. The molecule has 0 spiro atoms. The first-order chi connectivity index (χ1) is 8.22. The van der Waals surface area contributed by atoms with Crippen LogP contribution in [0.25, 0.3) is 0 Å².